The van der Waals surface area contributed by atoms with Crippen molar-refractivity contribution in [3.8, 4) is 0 Å². The van der Waals surface area contributed by atoms with Crippen molar-refractivity contribution in [1.82, 2.24) is 9.55 Å². The Labute approximate surface area is 169 Å². The van der Waals surface area contributed by atoms with Gasteiger partial charge >= 0.3 is 0 Å². The summed E-state index contributed by atoms with van der Waals surface area (Å²) in [5.41, 5.74) is 4.20. The lowest BCUT2D eigenvalue weighted by atomic mass is 9.85. The van der Waals surface area contributed by atoms with Gasteiger partial charge in [-0.2, -0.15) is 0 Å². The van der Waals surface area contributed by atoms with Gasteiger partial charge in [0.1, 0.15) is 0 Å². The number of nitrogens with zero attached hydrogens (tertiary/aromatic N) is 1. The lowest BCUT2D eigenvalue weighted by molar-refractivity contribution is -0.115. The van der Waals surface area contributed by atoms with E-state index < -0.39 is 0 Å². The first-order valence-electron chi connectivity index (χ1n) is 9.73. The number of carbonyl (C=O) groups is 1. The van der Waals surface area contributed by atoms with Gasteiger partial charge in [0.15, 0.2) is 0 Å². The number of rotatable bonds is 3. The van der Waals surface area contributed by atoms with Gasteiger partial charge in [0.25, 0.3) is 0 Å². The molecule has 0 aliphatic rings. The van der Waals surface area contributed by atoms with E-state index in [1.807, 2.05) is 60.3 Å². The summed E-state index contributed by atoms with van der Waals surface area (Å²) in [7, 11) is 1.98. The van der Waals surface area contributed by atoms with Gasteiger partial charge in [0.2, 0.25) is 11.5 Å². The minimum absolute atomic E-state index is 0.0879. The number of hydrogen-bond donors (Lipinski definition) is 2. The summed E-state index contributed by atoms with van der Waals surface area (Å²) in [5, 5.41) is 5.04. The molecule has 29 heavy (non-hydrogen) atoms. The molecule has 0 saturated heterocycles. The molecule has 0 spiro atoms. The molecule has 5 heteroatoms. The highest BCUT2D eigenvalue weighted by atomic mass is 16.1. The predicted molar refractivity (Wildman–Crippen MR) is 119 cm³/mol. The van der Waals surface area contributed by atoms with Crippen LogP contribution in [0.4, 0.5) is 5.69 Å². The minimum Gasteiger partial charge on any atom is -0.350 e. The quantitative estimate of drug-likeness (QED) is 0.544. The van der Waals surface area contributed by atoms with E-state index in [-0.39, 0.29) is 23.3 Å². The van der Waals surface area contributed by atoms with Crippen molar-refractivity contribution in [2.24, 2.45) is 7.05 Å². The minimum atomic E-state index is -0.147. The van der Waals surface area contributed by atoms with Crippen LogP contribution in [0.2, 0.25) is 0 Å². The largest absolute Gasteiger partial charge is 0.350 e. The Morgan fingerprint density at radius 2 is 1.83 bits per heavy atom. The van der Waals surface area contributed by atoms with Gasteiger partial charge in [0, 0.05) is 41.3 Å². The molecule has 2 N–H and O–H groups in total. The molecule has 5 nitrogen and oxygen atoms in total. The number of aryl methyl sites for hydroxylation is 1. The summed E-state index contributed by atoms with van der Waals surface area (Å²) < 4.78 is 2.03. The van der Waals surface area contributed by atoms with E-state index in [4.69, 9.17) is 0 Å². The molecule has 2 heterocycles. The Morgan fingerprint density at radius 1 is 1.07 bits per heavy atom. The highest BCUT2D eigenvalue weighted by molar-refractivity contribution is 5.97. The Bertz CT molecular complexity index is 1290. The monoisotopic (exact) mass is 387 g/mol. The van der Waals surface area contributed by atoms with Crippen molar-refractivity contribution in [2.75, 3.05) is 5.32 Å². The fourth-order valence-electron chi connectivity index (χ4n) is 3.90. The number of fused-ring (bicyclic) bond motifs is 2. The molecule has 2 aromatic heterocycles. The molecule has 0 aliphatic heterocycles. The summed E-state index contributed by atoms with van der Waals surface area (Å²) >= 11 is 0. The maximum Gasteiger partial charge on any atom is 0.248 e. The van der Waals surface area contributed by atoms with Gasteiger partial charge in [-0.05, 0) is 34.7 Å². The van der Waals surface area contributed by atoms with E-state index in [2.05, 4.69) is 31.1 Å². The molecule has 0 fully saturated rings. The summed E-state index contributed by atoms with van der Waals surface area (Å²) in [6.07, 6.45) is 2.29. The molecule has 4 rings (SSSR count). The molecule has 0 bridgehead atoms. The van der Waals surface area contributed by atoms with Gasteiger partial charge in [-0.15, -0.1) is 0 Å². The molecular formula is C24H25N3O2. The van der Waals surface area contributed by atoms with E-state index in [1.165, 1.54) is 0 Å². The Balaban J connectivity index is 1.62. The average molecular weight is 387 g/mol. The Hall–Kier alpha value is -3.34. The second kappa shape index (κ2) is 6.92. The Kier molecular flexibility index (Phi) is 4.53. The van der Waals surface area contributed by atoms with Crippen LogP contribution in [0.3, 0.4) is 0 Å². The highest BCUT2D eigenvalue weighted by Crippen LogP contribution is 2.29. The van der Waals surface area contributed by atoms with Crippen LogP contribution in [-0.4, -0.2) is 15.5 Å². The van der Waals surface area contributed by atoms with E-state index in [0.29, 0.717) is 5.69 Å². The predicted octanol–water partition coefficient (Wildman–Crippen LogP) is 4.50. The van der Waals surface area contributed by atoms with Crippen LogP contribution in [0.1, 0.15) is 31.9 Å². The summed E-state index contributed by atoms with van der Waals surface area (Å²) in [6, 6.07) is 15.4. The molecule has 0 unspecified atom stereocenters. The standard InChI is InChI=1S/C24H25N3O2/c1-24(2,3)19-13-23(29)26-20-12-16(9-10-18(19)20)25-22(28)11-15-14-27(4)21-8-6-5-7-17(15)21/h5-10,12-14H,11H2,1-4H3,(H,25,28)(H,26,29). The maximum atomic E-state index is 12.7. The molecule has 0 saturated carbocycles. The molecule has 0 atom stereocenters. The SMILES string of the molecule is Cn1cc(CC(=O)Nc2ccc3c(C(C)(C)C)cc(=O)[nH]c3c2)c2ccccc21. The topological polar surface area (TPSA) is 66.9 Å². The number of aromatic amines is 1. The fourth-order valence-corrected chi connectivity index (χ4v) is 3.90. The van der Waals surface area contributed by atoms with Crippen LogP contribution >= 0.6 is 0 Å². The molecular weight excluding hydrogens is 362 g/mol. The number of benzene rings is 2. The van der Waals surface area contributed by atoms with Crippen LogP contribution in [-0.2, 0) is 23.7 Å². The van der Waals surface area contributed by atoms with E-state index in [9.17, 15) is 9.59 Å². The molecule has 0 aliphatic carbocycles. The van der Waals surface area contributed by atoms with E-state index >= 15 is 0 Å². The smallest absolute Gasteiger partial charge is 0.248 e. The zero-order chi connectivity index (χ0) is 20.8. The first kappa shape index (κ1) is 19.0. The number of para-hydroxylation sites is 1. The molecule has 148 valence electrons. The third-order valence-electron chi connectivity index (χ3n) is 5.27. The number of nitrogens with one attached hydrogen (secondary N) is 2. The lowest BCUT2D eigenvalue weighted by Gasteiger charge is -2.21. The zero-order valence-electron chi connectivity index (χ0n) is 17.2. The third-order valence-corrected chi connectivity index (χ3v) is 5.27. The maximum absolute atomic E-state index is 12.7. The van der Waals surface area contributed by atoms with E-state index in [1.54, 1.807) is 6.07 Å². The number of H-pyrrole nitrogens is 1. The molecule has 2 aromatic carbocycles. The van der Waals surface area contributed by atoms with Crippen molar-refractivity contribution in [3.63, 3.8) is 0 Å². The average Bonchev–Trinajstić information content (AvgIpc) is 2.96. The van der Waals surface area contributed by atoms with Gasteiger partial charge in [-0.1, -0.05) is 45.0 Å². The molecule has 0 radical (unpaired) electrons. The van der Waals surface area contributed by atoms with Crippen LogP contribution in [0, 0.1) is 0 Å². The van der Waals surface area contributed by atoms with Crippen molar-refractivity contribution >= 4 is 33.4 Å². The van der Waals surface area contributed by atoms with Crippen LogP contribution in [0.15, 0.2) is 59.5 Å². The van der Waals surface area contributed by atoms with Crippen molar-refractivity contribution in [1.29, 1.82) is 0 Å². The summed E-state index contributed by atoms with van der Waals surface area (Å²) in [4.78, 5) is 27.7. The molecule has 1 amide bonds. The number of hydrogen-bond acceptors (Lipinski definition) is 2. The fraction of sp³-hybridized carbons (Fsp3) is 0.250. The first-order chi connectivity index (χ1) is 13.7. The van der Waals surface area contributed by atoms with E-state index in [0.717, 1.165) is 32.9 Å². The third kappa shape index (κ3) is 3.68. The molecule has 4 aromatic rings. The second-order valence-electron chi connectivity index (χ2n) is 8.56. The summed E-state index contributed by atoms with van der Waals surface area (Å²) in [6.45, 7) is 6.25. The second-order valence-corrected chi connectivity index (χ2v) is 8.56. The number of pyridine rings is 1. The van der Waals surface area contributed by atoms with Crippen LogP contribution in [0.5, 0.6) is 0 Å². The number of amides is 1. The van der Waals surface area contributed by atoms with Gasteiger partial charge < -0.3 is 14.9 Å². The lowest BCUT2D eigenvalue weighted by Crippen LogP contribution is -2.18. The zero-order valence-corrected chi connectivity index (χ0v) is 17.2. The van der Waals surface area contributed by atoms with Crippen LogP contribution < -0.4 is 10.9 Å². The van der Waals surface area contributed by atoms with Crippen molar-refractivity contribution < 1.29 is 4.79 Å². The Morgan fingerprint density at radius 3 is 2.59 bits per heavy atom. The normalized spacial score (nSPS) is 11.9. The number of carbonyl (C=O) groups excluding carboxylic acids is 1. The van der Waals surface area contributed by atoms with Crippen molar-refractivity contribution in [2.45, 2.75) is 32.6 Å². The van der Waals surface area contributed by atoms with Crippen LogP contribution in [0.25, 0.3) is 21.8 Å². The summed E-state index contributed by atoms with van der Waals surface area (Å²) in [5.74, 6) is -0.0879. The number of anilines is 1. The van der Waals surface area contributed by atoms with Gasteiger partial charge in [0.05, 0.1) is 11.9 Å². The van der Waals surface area contributed by atoms with Gasteiger partial charge in [-0.25, -0.2) is 0 Å². The first-order valence-corrected chi connectivity index (χ1v) is 9.73. The van der Waals surface area contributed by atoms with Gasteiger partial charge in [-0.3, -0.25) is 9.59 Å². The highest BCUT2D eigenvalue weighted by Gasteiger charge is 2.18. The number of aromatic nitrogens is 2. The van der Waals surface area contributed by atoms with Crippen molar-refractivity contribution in [3.05, 3.63) is 76.2 Å².